The highest BCUT2D eigenvalue weighted by Crippen LogP contribution is 2.39. The molecule has 0 aromatic heterocycles. The van der Waals surface area contributed by atoms with Crippen molar-refractivity contribution in [2.75, 3.05) is 13.2 Å². The number of hydrogen-bond acceptors (Lipinski definition) is 6. The molecule has 2 aromatic rings. The zero-order valence-corrected chi connectivity index (χ0v) is 18.1. The summed E-state index contributed by atoms with van der Waals surface area (Å²) >= 11 is 7.26. The van der Waals surface area contributed by atoms with Crippen molar-refractivity contribution in [3.8, 4) is 29.9 Å². The zero-order valence-electron chi connectivity index (χ0n) is 16.6. The molecular weight excluding hydrogens is 436 g/mol. The highest BCUT2D eigenvalue weighted by atomic mass is 35.5. The van der Waals surface area contributed by atoms with Gasteiger partial charge in [0.2, 0.25) is 0 Å². The van der Waals surface area contributed by atoms with E-state index >= 15 is 0 Å². The van der Waals surface area contributed by atoms with Gasteiger partial charge in [-0.05, 0) is 48.5 Å². The number of rotatable bonds is 7. The summed E-state index contributed by atoms with van der Waals surface area (Å²) in [5.74, 6) is 2.57. The Bertz CT molecular complexity index is 1150. The van der Waals surface area contributed by atoms with Crippen molar-refractivity contribution in [1.82, 2.24) is 4.90 Å². The van der Waals surface area contributed by atoms with Crippen LogP contribution in [0, 0.1) is 23.7 Å². The summed E-state index contributed by atoms with van der Waals surface area (Å²) in [5, 5.41) is 9.10. The number of nitriles is 1. The first kappa shape index (κ1) is 22.3. The Hall–Kier alpha value is -3.39. The molecule has 1 aliphatic heterocycles. The summed E-state index contributed by atoms with van der Waals surface area (Å²) in [6.07, 6.45) is 6.78. The average Bonchev–Trinajstić information content (AvgIpc) is 3.01. The van der Waals surface area contributed by atoms with E-state index in [1.54, 1.807) is 36.4 Å². The van der Waals surface area contributed by atoms with E-state index < -0.39 is 11.1 Å². The van der Waals surface area contributed by atoms with Gasteiger partial charge in [0.25, 0.3) is 11.1 Å². The molecule has 1 fully saturated rings. The zero-order chi connectivity index (χ0) is 22.4. The van der Waals surface area contributed by atoms with E-state index in [-0.39, 0.29) is 23.1 Å². The number of imide groups is 1. The molecule has 2 amide bonds. The topological polar surface area (TPSA) is 79.6 Å². The minimum absolute atomic E-state index is 0.0795. The van der Waals surface area contributed by atoms with Crippen LogP contribution in [0.3, 0.4) is 0 Å². The van der Waals surface area contributed by atoms with Crippen LogP contribution in [0.5, 0.6) is 11.5 Å². The van der Waals surface area contributed by atoms with E-state index in [1.165, 1.54) is 0 Å². The van der Waals surface area contributed by atoms with Crippen LogP contribution in [0.4, 0.5) is 4.79 Å². The van der Waals surface area contributed by atoms with Crippen LogP contribution < -0.4 is 9.47 Å². The molecule has 1 aliphatic rings. The van der Waals surface area contributed by atoms with Crippen LogP contribution in [-0.2, 0) is 11.4 Å². The first-order valence-corrected chi connectivity index (χ1v) is 10.4. The highest BCUT2D eigenvalue weighted by Gasteiger charge is 2.34. The minimum Gasteiger partial charge on any atom is -0.490 e. The number of terminal acetylenes is 1. The Labute approximate surface area is 189 Å². The lowest BCUT2D eigenvalue weighted by molar-refractivity contribution is -0.122. The molecule has 0 radical (unpaired) electrons. The SMILES string of the molecule is C#CCN1C(=O)S/C(=C\c2cc(Cl)c(OCc3ccccc3C#N)c(OCC)c2)C1=O. The van der Waals surface area contributed by atoms with Crippen molar-refractivity contribution in [3.63, 3.8) is 0 Å². The fourth-order valence-electron chi connectivity index (χ4n) is 2.86. The fraction of sp³-hybridized carbons (Fsp3) is 0.174. The summed E-state index contributed by atoms with van der Waals surface area (Å²) in [7, 11) is 0. The molecule has 0 saturated carbocycles. The van der Waals surface area contributed by atoms with E-state index in [0.29, 0.717) is 29.2 Å². The van der Waals surface area contributed by atoms with Gasteiger partial charge in [0, 0.05) is 5.56 Å². The van der Waals surface area contributed by atoms with Gasteiger partial charge in [0.1, 0.15) is 6.61 Å². The second-order valence-corrected chi connectivity index (χ2v) is 7.69. The molecule has 8 heteroatoms. The molecule has 0 N–H and O–H groups in total. The van der Waals surface area contributed by atoms with Crippen molar-refractivity contribution >= 4 is 40.6 Å². The Morgan fingerprint density at radius 2 is 2.03 bits per heavy atom. The predicted octanol–water partition coefficient (Wildman–Crippen LogP) is 4.86. The van der Waals surface area contributed by atoms with Crippen LogP contribution in [-0.4, -0.2) is 29.2 Å². The van der Waals surface area contributed by atoms with Crippen molar-refractivity contribution in [1.29, 1.82) is 5.26 Å². The van der Waals surface area contributed by atoms with Gasteiger partial charge >= 0.3 is 0 Å². The van der Waals surface area contributed by atoms with E-state index in [1.807, 2.05) is 13.0 Å². The number of amides is 2. The summed E-state index contributed by atoms with van der Waals surface area (Å²) in [4.78, 5) is 25.6. The van der Waals surface area contributed by atoms with Crippen molar-refractivity contribution in [3.05, 3.63) is 63.0 Å². The molecule has 0 spiro atoms. The molecule has 31 heavy (non-hydrogen) atoms. The molecule has 0 unspecified atom stereocenters. The molecule has 1 saturated heterocycles. The molecule has 1 heterocycles. The normalized spacial score (nSPS) is 14.5. The lowest BCUT2D eigenvalue weighted by Crippen LogP contribution is -2.28. The lowest BCUT2D eigenvalue weighted by Gasteiger charge is -2.15. The molecule has 2 aromatic carbocycles. The number of nitrogens with zero attached hydrogens (tertiary/aromatic N) is 2. The van der Waals surface area contributed by atoms with Crippen molar-refractivity contribution < 1.29 is 19.1 Å². The van der Waals surface area contributed by atoms with Crippen LogP contribution in [0.1, 0.15) is 23.6 Å². The number of carbonyl (C=O) groups is 2. The monoisotopic (exact) mass is 452 g/mol. The molecular formula is C23H17ClN2O4S. The van der Waals surface area contributed by atoms with Crippen LogP contribution in [0.25, 0.3) is 6.08 Å². The second kappa shape index (κ2) is 10.1. The smallest absolute Gasteiger partial charge is 0.294 e. The van der Waals surface area contributed by atoms with Crippen molar-refractivity contribution in [2.45, 2.75) is 13.5 Å². The van der Waals surface area contributed by atoms with Crippen molar-refractivity contribution in [2.24, 2.45) is 0 Å². The number of ether oxygens (including phenoxy) is 2. The van der Waals surface area contributed by atoms with Gasteiger partial charge in [-0.25, -0.2) is 0 Å². The number of halogens is 1. The van der Waals surface area contributed by atoms with Crippen LogP contribution in [0.15, 0.2) is 41.3 Å². The maximum Gasteiger partial charge on any atom is 0.294 e. The van der Waals surface area contributed by atoms with Crippen LogP contribution in [0.2, 0.25) is 5.02 Å². The Balaban J connectivity index is 1.89. The Morgan fingerprint density at radius 1 is 1.26 bits per heavy atom. The highest BCUT2D eigenvalue weighted by molar-refractivity contribution is 8.18. The van der Waals surface area contributed by atoms with Gasteiger partial charge in [-0.15, -0.1) is 6.42 Å². The standard InChI is InChI=1S/C23H17ClN2O4S/c1-3-9-26-22(27)20(31-23(26)28)12-15-10-18(24)21(19(11-15)29-4-2)30-14-17-8-6-5-7-16(17)13-25/h1,5-8,10-12H,4,9,14H2,2H3/b20-12-. The van der Waals surface area contributed by atoms with Gasteiger partial charge in [0.05, 0.1) is 34.7 Å². The summed E-state index contributed by atoms with van der Waals surface area (Å²) in [6, 6.07) is 12.5. The summed E-state index contributed by atoms with van der Waals surface area (Å²) < 4.78 is 11.6. The number of hydrogen-bond donors (Lipinski definition) is 0. The van der Waals surface area contributed by atoms with Crippen LogP contribution >= 0.6 is 23.4 Å². The number of carbonyl (C=O) groups excluding carboxylic acids is 2. The maximum absolute atomic E-state index is 12.4. The molecule has 3 rings (SSSR count). The first-order valence-electron chi connectivity index (χ1n) is 9.24. The van der Waals surface area contributed by atoms with E-state index in [2.05, 4.69) is 12.0 Å². The molecule has 0 bridgehead atoms. The third kappa shape index (κ3) is 5.03. The minimum atomic E-state index is -0.449. The Kier molecular flexibility index (Phi) is 7.25. The summed E-state index contributed by atoms with van der Waals surface area (Å²) in [5.41, 5.74) is 1.80. The molecule has 0 atom stereocenters. The van der Waals surface area contributed by atoms with E-state index in [9.17, 15) is 14.9 Å². The molecule has 0 aliphatic carbocycles. The first-order chi connectivity index (χ1) is 15.0. The quantitative estimate of drug-likeness (QED) is 0.441. The van der Waals surface area contributed by atoms with E-state index in [4.69, 9.17) is 27.5 Å². The fourth-order valence-corrected chi connectivity index (χ4v) is 3.97. The van der Waals surface area contributed by atoms with E-state index in [0.717, 1.165) is 22.2 Å². The van der Waals surface area contributed by atoms with Gasteiger partial charge in [0.15, 0.2) is 11.5 Å². The predicted molar refractivity (Wildman–Crippen MR) is 120 cm³/mol. The largest absolute Gasteiger partial charge is 0.490 e. The third-order valence-corrected chi connectivity index (χ3v) is 5.45. The summed E-state index contributed by atoms with van der Waals surface area (Å²) in [6.45, 7) is 2.24. The second-order valence-electron chi connectivity index (χ2n) is 6.29. The van der Waals surface area contributed by atoms with Gasteiger partial charge in [-0.3, -0.25) is 14.5 Å². The van der Waals surface area contributed by atoms with Gasteiger partial charge in [-0.2, -0.15) is 5.26 Å². The number of benzene rings is 2. The third-order valence-electron chi connectivity index (χ3n) is 4.26. The average molecular weight is 453 g/mol. The number of thioether (sulfide) groups is 1. The molecule has 6 nitrogen and oxygen atoms in total. The maximum atomic E-state index is 12.4. The molecule has 156 valence electrons. The Morgan fingerprint density at radius 3 is 2.74 bits per heavy atom. The van der Waals surface area contributed by atoms with Gasteiger partial charge in [-0.1, -0.05) is 35.7 Å². The van der Waals surface area contributed by atoms with Gasteiger partial charge < -0.3 is 9.47 Å². The lowest BCUT2D eigenvalue weighted by atomic mass is 10.1.